The molecule has 1 unspecified atom stereocenters. The summed E-state index contributed by atoms with van der Waals surface area (Å²) >= 11 is 0. The Morgan fingerprint density at radius 1 is 1.40 bits per heavy atom. The molecule has 0 fully saturated rings. The molecule has 0 aromatic carbocycles. The van der Waals surface area contributed by atoms with Crippen LogP contribution in [0.15, 0.2) is 0 Å². The summed E-state index contributed by atoms with van der Waals surface area (Å²) in [5, 5.41) is 6.69. The SMILES string of the molecule is CCOC(=O)C(C(=N)C(F)(F)F)C(C)=O. The Kier molecular flexibility index (Phi) is 4.44. The summed E-state index contributed by atoms with van der Waals surface area (Å²) in [6, 6.07) is 0. The summed E-state index contributed by atoms with van der Waals surface area (Å²) < 4.78 is 40.5. The van der Waals surface area contributed by atoms with Crippen molar-refractivity contribution in [2.45, 2.75) is 20.0 Å². The molecule has 0 aromatic rings. The summed E-state index contributed by atoms with van der Waals surface area (Å²) in [5.74, 6) is -4.58. The van der Waals surface area contributed by atoms with Crippen LogP contribution in [-0.2, 0) is 14.3 Å². The third-order valence-electron chi connectivity index (χ3n) is 1.52. The minimum Gasteiger partial charge on any atom is -0.465 e. The maximum Gasteiger partial charge on any atom is 0.430 e. The Hall–Kier alpha value is -1.40. The van der Waals surface area contributed by atoms with Gasteiger partial charge < -0.3 is 4.74 Å². The largest absolute Gasteiger partial charge is 0.465 e. The van der Waals surface area contributed by atoms with Crippen LogP contribution >= 0.6 is 0 Å². The fourth-order valence-corrected chi connectivity index (χ4v) is 0.876. The van der Waals surface area contributed by atoms with Crippen molar-refractivity contribution in [3.05, 3.63) is 0 Å². The molecule has 0 aliphatic heterocycles. The lowest BCUT2D eigenvalue weighted by molar-refractivity contribution is -0.150. The third-order valence-corrected chi connectivity index (χ3v) is 1.52. The van der Waals surface area contributed by atoms with Crippen molar-refractivity contribution in [1.29, 1.82) is 5.41 Å². The summed E-state index contributed by atoms with van der Waals surface area (Å²) in [6.07, 6.45) is -5.00. The number of carbonyl (C=O) groups is 2. The van der Waals surface area contributed by atoms with Crippen LogP contribution < -0.4 is 0 Å². The van der Waals surface area contributed by atoms with E-state index in [4.69, 9.17) is 5.41 Å². The minimum absolute atomic E-state index is 0.145. The number of alkyl halides is 3. The van der Waals surface area contributed by atoms with Crippen molar-refractivity contribution in [2.75, 3.05) is 6.61 Å². The van der Waals surface area contributed by atoms with Crippen LogP contribution in [0.25, 0.3) is 0 Å². The molecule has 0 bridgehead atoms. The highest BCUT2D eigenvalue weighted by molar-refractivity contribution is 6.19. The molecule has 1 N–H and O–H groups in total. The van der Waals surface area contributed by atoms with E-state index in [1.807, 2.05) is 0 Å². The van der Waals surface area contributed by atoms with Gasteiger partial charge in [0.1, 0.15) is 11.5 Å². The van der Waals surface area contributed by atoms with Gasteiger partial charge in [0.25, 0.3) is 0 Å². The molecule has 0 saturated carbocycles. The van der Waals surface area contributed by atoms with Crippen LogP contribution in [0.2, 0.25) is 0 Å². The summed E-state index contributed by atoms with van der Waals surface area (Å²) in [5.41, 5.74) is -1.89. The fraction of sp³-hybridized carbons (Fsp3) is 0.625. The van der Waals surface area contributed by atoms with Crippen molar-refractivity contribution in [3.8, 4) is 0 Å². The fourth-order valence-electron chi connectivity index (χ4n) is 0.876. The zero-order valence-corrected chi connectivity index (χ0v) is 8.14. The highest BCUT2D eigenvalue weighted by Gasteiger charge is 2.45. The molecule has 0 amide bonds. The van der Waals surface area contributed by atoms with Crippen LogP contribution in [0.4, 0.5) is 13.2 Å². The monoisotopic (exact) mass is 225 g/mol. The van der Waals surface area contributed by atoms with Gasteiger partial charge in [-0.25, -0.2) is 0 Å². The standard InChI is InChI=1S/C8H10F3NO3/c1-3-15-7(14)5(4(2)13)6(12)8(9,10)11/h5,12H,3H2,1-2H3. The number of ketones is 1. The smallest absolute Gasteiger partial charge is 0.430 e. The lowest BCUT2D eigenvalue weighted by Gasteiger charge is -2.15. The number of nitrogens with one attached hydrogen (secondary N) is 1. The van der Waals surface area contributed by atoms with Crippen LogP contribution in [0.1, 0.15) is 13.8 Å². The normalized spacial score (nSPS) is 13.1. The van der Waals surface area contributed by atoms with E-state index < -0.39 is 29.6 Å². The van der Waals surface area contributed by atoms with E-state index in [2.05, 4.69) is 4.74 Å². The number of Topliss-reactive ketones (excluding diaryl/α,β-unsaturated/α-hetero) is 1. The zero-order chi connectivity index (χ0) is 12.2. The number of ether oxygens (including phenoxy) is 1. The van der Waals surface area contributed by atoms with Crippen molar-refractivity contribution < 1.29 is 27.5 Å². The Morgan fingerprint density at radius 3 is 2.13 bits per heavy atom. The summed E-state index contributed by atoms with van der Waals surface area (Å²) in [6.45, 7) is 2.06. The van der Waals surface area contributed by atoms with Gasteiger partial charge >= 0.3 is 12.1 Å². The molecule has 0 radical (unpaired) electrons. The molecule has 1 atom stereocenters. The van der Waals surface area contributed by atoms with E-state index in [0.717, 1.165) is 6.92 Å². The van der Waals surface area contributed by atoms with E-state index >= 15 is 0 Å². The van der Waals surface area contributed by atoms with E-state index in [9.17, 15) is 22.8 Å². The predicted molar refractivity (Wildman–Crippen MR) is 44.6 cm³/mol. The highest BCUT2D eigenvalue weighted by atomic mass is 19.4. The van der Waals surface area contributed by atoms with Gasteiger partial charge in [-0.05, 0) is 13.8 Å². The Bertz CT molecular complexity index is 285. The topological polar surface area (TPSA) is 67.2 Å². The number of carbonyl (C=O) groups excluding carboxylic acids is 2. The second kappa shape index (κ2) is 4.90. The Balaban J connectivity index is 4.92. The van der Waals surface area contributed by atoms with Gasteiger partial charge in [0.2, 0.25) is 0 Å². The maximum atomic E-state index is 12.1. The maximum absolute atomic E-state index is 12.1. The number of hydrogen-bond acceptors (Lipinski definition) is 4. The number of rotatable bonds is 4. The summed E-state index contributed by atoms with van der Waals surface area (Å²) in [7, 11) is 0. The molecular weight excluding hydrogens is 215 g/mol. The van der Waals surface area contributed by atoms with Crippen molar-refractivity contribution in [2.24, 2.45) is 5.92 Å². The molecule has 86 valence electrons. The first kappa shape index (κ1) is 13.6. The van der Waals surface area contributed by atoms with E-state index in [1.165, 1.54) is 6.92 Å². The first-order chi connectivity index (χ1) is 6.71. The predicted octanol–water partition coefficient (Wildman–Crippen LogP) is 1.34. The van der Waals surface area contributed by atoms with Gasteiger partial charge in [-0.2, -0.15) is 13.2 Å². The van der Waals surface area contributed by atoms with Gasteiger partial charge in [0.15, 0.2) is 5.92 Å². The lowest BCUT2D eigenvalue weighted by Crippen LogP contribution is -2.39. The molecule has 0 aliphatic carbocycles. The van der Waals surface area contributed by atoms with E-state index in [1.54, 1.807) is 0 Å². The molecule has 0 spiro atoms. The van der Waals surface area contributed by atoms with Crippen molar-refractivity contribution in [3.63, 3.8) is 0 Å². The zero-order valence-electron chi connectivity index (χ0n) is 8.14. The first-order valence-electron chi connectivity index (χ1n) is 4.04. The van der Waals surface area contributed by atoms with Crippen LogP contribution in [0.5, 0.6) is 0 Å². The molecule has 0 aromatic heterocycles. The molecule has 4 nitrogen and oxygen atoms in total. The average Bonchev–Trinajstić information content (AvgIpc) is 2.02. The molecule has 7 heteroatoms. The Labute approximate surface area is 83.9 Å². The third kappa shape index (κ3) is 3.69. The van der Waals surface area contributed by atoms with Crippen molar-refractivity contribution >= 4 is 17.5 Å². The number of hydrogen-bond donors (Lipinski definition) is 1. The second-order valence-electron chi connectivity index (χ2n) is 2.71. The van der Waals surface area contributed by atoms with Gasteiger partial charge in [0.05, 0.1) is 6.61 Å². The van der Waals surface area contributed by atoms with Gasteiger partial charge in [-0.1, -0.05) is 0 Å². The second-order valence-corrected chi connectivity index (χ2v) is 2.71. The van der Waals surface area contributed by atoms with Gasteiger partial charge in [-0.15, -0.1) is 0 Å². The van der Waals surface area contributed by atoms with E-state index in [-0.39, 0.29) is 6.61 Å². The molecule has 0 heterocycles. The first-order valence-corrected chi connectivity index (χ1v) is 4.04. The van der Waals surface area contributed by atoms with Crippen LogP contribution in [0, 0.1) is 11.3 Å². The quantitative estimate of drug-likeness (QED) is 0.446. The molecule has 15 heavy (non-hydrogen) atoms. The molecule has 0 aliphatic rings. The van der Waals surface area contributed by atoms with Crippen molar-refractivity contribution in [1.82, 2.24) is 0 Å². The average molecular weight is 225 g/mol. The van der Waals surface area contributed by atoms with E-state index in [0.29, 0.717) is 0 Å². The van der Waals surface area contributed by atoms with Crippen LogP contribution in [-0.4, -0.2) is 30.2 Å². The van der Waals surface area contributed by atoms with Crippen LogP contribution in [0.3, 0.4) is 0 Å². The highest BCUT2D eigenvalue weighted by Crippen LogP contribution is 2.22. The Morgan fingerprint density at radius 2 is 1.87 bits per heavy atom. The lowest BCUT2D eigenvalue weighted by atomic mass is 9.99. The van der Waals surface area contributed by atoms with Gasteiger partial charge in [0, 0.05) is 0 Å². The number of halogens is 3. The molecular formula is C8H10F3NO3. The number of esters is 1. The van der Waals surface area contributed by atoms with Gasteiger partial charge in [-0.3, -0.25) is 15.0 Å². The molecule has 0 saturated heterocycles. The minimum atomic E-state index is -5.00. The summed E-state index contributed by atoms with van der Waals surface area (Å²) in [4.78, 5) is 21.8. The molecule has 0 rings (SSSR count).